The minimum atomic E-state index is -4.23. The summed E-state index contributed by atoms with van der Waals surface area (Å²) in [7, 11) is -4.23. The Labute approximate surface area is 135 Å². The number of furan rings is 1. The van der Waals surface area contributed by atoms with Gasteiger partial charge in [-0.25, -0.2) is 0 Å². The Morgan fingerprint density at radius 2 is 1.78 bits per heavy atom. The molecular formula is C15H19N3O4S. The third-order valence-corrected chi connectivity index (χ3v) is 4.30. The monoisotopic (exact) mass is 337 g/mol. The molecule has 3 rings (SSSR count). The number of rotatable bonds is 5. The molecule has 8 heteroatoms. The van der Waals surface area contributed by atoms with Gasteiger partial charge in [0.15, 0.2) is 0 Å². The van der Waals surface area contributed by atoms with Crippen molar-refractivity contribution in [1.29, 1.82) is 0 Å². The van der Waals surface area contributed by atoms with Crippen molar-refractivity contribution in [3.05, 3.63) is 48.4 Å². The number of hydrogen-bond donors (Lipinski definition) is 2. The van der Waals surface area contributed by atoms with E-state index < -0.39 is 10.3 Å². The van der Waals surface area contributed by atoms with Crippen LogP contribution in [-0.2, 0) is 16.8 Å². The Morgan fingerprint density at radius 3 is 2.35 bits per heavy atom. The van der Waals surface area contributed by atoms with E-state index in [4.69, 9.17) is 8.97 Å². The van der Waals surface area contributed by atoms with E-state index in [1.807, 2.05) is 29.0 Å². The number of piperazine rings is 1. The lowest BCUT2D eigenvalue weighted by atomic mass is 10.2. The molecule has 0 aliphatic carbocycles. The molecule has 1 aromatic carbocycles. The van der Waals surface area contributed by atoms with Gasteiger partial charge in [0, 0.05) is 31.9 Å². The predicted molar refractivity (Wildman–Crippen MR) is 87.8 cm³/mol. The van der Waals surface area contributed by atoms with Crippen LogP contribution in [0.15, 0.2) is 47.1 Å². The first-order valence-electron chi connectivity index (χ1n) is 7.34. The molecule has 0 spiro atoms. The molecule has 0 amide bonds. The maximum Gasteiger partial charge on any atom is 0.357 e. The molecule has 124 valence electrons. The number of benzene rings is 1. The summed E-state index contributed by atoms with van der Waals surface area (Å²) in [4.78, 5) is 4.58. The Balaban J connectivity index is 1.55. The Hall–Kier alpha value is -2.03. The average molecular weight is 337 g/mol. The Kier molecular flexibility index (Phi) is 4.56. The van der Waals surface area contributed by atoms with Gasteiger partial charge < -0.3 is 9.32 Å². The summed E-state index contributed by atoms with van der Waals surface area (Å²) in [5.74, 6) is 0.971. The van der Waals surface area contributed by atoms with E-state index >= 15 is 0 Å². The zero-order valence-electron chi connectivity index (χ0n) is 12.6. The van der Waals surface area contributed by atoms with Crippen molar-refractivity contribution >= 4 is 21.7 Å². The van der Waals surface area contributed by atoms with Gasteiger partial charge in [0.05, 0.1) is 18.5 Å². The lowest BCUT2D eigenvalue weighted by Gasteiger charge is -2.35. The maximum atomic E-state index is 10.8. The lowest BCUT2D eigenvalue weighted by molar-refractivity contribution is 0.230. The minimum absolute atomic E-state index is 0.340. The average Bonchev–Trinajstić information content (AvgIpc) is 3.00. The molecule has 0 unspecified atom stereocenters. The van der Waals surface area contributed by atoms with Gasteiger partial charge in [-0.1, -0.05) is 0 Å². The van der Waals surface area contributed by atoms with Gasteiger partial charge in [0.2, 0.25) is 0 Å². The molecular weight excluding hydrogens is 318 g/mol. The first kappa shape index (κ1) is 15.9. The minimum Gasteiger partial charge on any atom is -0.468 e. The molecule has 0 bridgehead atoms. The second-order valence-electron chi connectivity index (χ2n) is 5.47. The highest BCUT2D eigenvalue weighted by molar-refractivity contribution is 7.87. The molecule has 2 heterocycles. The van der Waals surface area contributed by atoms with E-state index in [9.17, 15) is 8.42 Å². The normalized spacial score (nSPS) is 16.5. The molecule has 7 nitrogen and oxygen atoms in total. The molecule has 0 radical (unpaired) electrons. The van der Waals surface area contributed by atoms with Crippen LogP contribution in [0.3, 0.4) is 0 Å². The fraction of sp³-hybridized carbons (Fsp3) is 0.333. The van der Waals surface area contributed by atoms with E-state index in [1.54, 1.807) is 18.4 Å². The van der Waals surface area contributed by atoms with Crippen LogP contribution in [0.25, 0.3) is 0 Å². The summed E-state index contributed by atoms with van der Waals surface area (Å²) in [5, 5.41) is 0. The largest absolute Gasteiger partial charge is 0.468 e. The number of hydrogen-bond acceptors (Lipinski definition) is 5. The van der Waals surface area contributed by atoms with Crippen molar-refractivity contribution in [2.24, 2.45) is 0 Å². The summed E-state index contributed by atoms with van der Waals surface area (Å²) < 4.78 is 37.7. The SMILES string of the molecule is O=S(=O)(O)Nc1ccc(N2CCN(Cc3ccco3)CC2)cc1. The van der Waals surface area contributed by atoms with Crippen LogP contribution < -0.4 is 9.62 Å². The quantitative estimate of drug-likeness (QED) is 0.810. The van der Waals surface area contributed by atoms with Crippen LogP contribution in [0.2, 0.25) is 0 Å². The van der Waals surface area contributed by atoms with Crippen molar-refractivity contribution in [1.82, 2.24) is 4.90 Å². The van der Waals surface area contributed by atoms with Gasteiger partial charge in [-0.3, -0.25) is 14.2 Å². The first-order valence-corrected chi connectivity index (χ1v) is 8.78. The van der Waals surface area contributed by atoms with Gasteiger partial charge >= 0.3 is 10.3 Å². The van der Waals surface area contributed by atoms with Crippen molar-refractivity contribution < 1.29 is 17.4 Å². The highest BCUT2D eigenvalue weighted by Crippen LogP contribution is 2.20. The first-order chi connectivity index (χ1) is 11.0. The smallest absolute Gasteiger partial charge is 0.357 e. The Morgan fingerprint density at radius 1 is 1.09 bits per heavy atom. The predicted octanol–water partition coefficient (Wildman–Crippen LogP) is 1.82. The molecule has 1 aliphatic rings. The molecule has 0 saturated carbocycles. The number of nitrogens with one attached hydrogen (secondary N) is 1. The zero-order valence-corrected chi connectivity index (χ0v) is 13.4. The summed E-state index contributed by atoms with van der Waals surface area (Å²) >= 11 is 0. The molecule has 23 heavy (non-hydrogen) atoms. The number of nitrogens with zero attached hydrogens (tertiary/aromatic N) is 2. The molecule has 1 aliphatic heterocycles. The van der Waals surface area contributed by atoms with E-state index in [0.29, 0.717) is 5.69 Å². The van der Waals surface area contributed by atoms with E-state index in [-0.39, 0.29) is 0 Å². The second-order valence-corrected chi connectivity index (χ2v) is 6.62. The van der Waals surface area contributed by atoms with Gasteiger partial charge in [-0.15, -0.1) is 0 Å². The van der Waals surface area contributed by atoms with Crippen LogP contribution in [0, 0.1) is 0 Å². The van der Waals surface area contributed by atoms with E-state index in [1.165, 1.54) is 0 Å². The molecule has 1 fully saturated rings. The molecule has 2 N–H and O–H groups in total. The topological polar surface area (TPSA) is 86.0 Å². The van der Waals surface area contributed by atoms with Gasteiger partial charge in [0.1, 0.15) is 5.76 Å². The maximum absolute atomic E-state index is 10.8. The fourth-order valence-corrected chi connectivity index (χ4v) is 3.11. The van der Waals surface area contributed by atoms with Crippen LogP contribution >= 0.6 is 0 Å². The van der Waals surface area contributed by atoms with Crippen LogP contribution in [0.1, 0.15) is 5.76 Å². The Bertz CT molecular complexity index is 721. The van der Waals surface area contributed by atoms with Crippen molar-refractivity contribution in [2.75, 3.05) is 35.8 Å². The molecule has 1 aromatic heterocycles. The van der Waals surface area contributed by atoms with Gasteiger partial charge in [-0.05, 0) is 36.4 Å². The second kappa shape index (κ2) is 6.61. The summed E-state index contributed by atoms with van der Waals surface area (Å²) in [6.45, 7) is 4.48. The van der Waals surface area contributed by atoms with Crippen molar-refractivity contribution in [3.63, 3.8) is 0 Å². The molecule has 1 saturated heterocycles. The van der Waals surface area contributed by atoms with E-state index in [0.717, 1.165) is 44.2 Å². The third-order valence-electron chi connectivity index (χ3n) is 3.81. The van der Waals surface area contributed by atoms with Gasteiger partial charge in [-0.2, -0.15) is 8.42 Å². The standard InChI is InChI=1S/C15H19N3O4S/c19-23(20,21)16-13-3-5-14(6-4-13)18-9-7-17(8-10-18)12-15-2-1-11-22-15/h1-6,11,16H,7-10,12H2,(H,19,20,21). The zero-order chi connectivity index (χ0) is 16.3. The van der Waals surface area contributed by atoms with Gasteiger partial charge in [0.25, 0.3) is 0 Å². The van der Waals surface area contributed by atoms with Crippen molar-refractivity contribution in [3.8, 4) is 0 Å². The molecule has 0 atom stereocenters. The van der Waals surface area contributed by atoms with E-state index in [2.05, 4.69) is 9.80 Å². The lowest BCUT2D eigenvalue weighted by Crippen LogP contribution is -2.45. The summed E-state index contributed by atoms with van der Waals surface area (Å²) in [5.41, 5.74) is 1.37. The van der Waals surface area contributed by atoms with Crippen LogP contribution in [0.5, 0.6) is 0 Å². The third kappa shape index (κ3) is 4.47. The molecule has 2 aromatic rings. The summed E-state index contributed by atoms with van der Waals surface area (Å²) in [6.07, 6.45) is 1.69. The highest BCUT2D eigenvalue weighted by Gasteiger charge is 2.18. The van der Waals surface area contributed by atoms with Crippen LogP contribution in [-0.4, -0.2) is 44.0 Å². The van der Waals surface area contributed by atoms with Crippen LogP contribution in [0.4, 0.5) is 11.4 Å². The fourth-order valence-electron chi connectivity index (χ4n) is 2.68. The highest BCUT2D eigenvalue weighted by atomic mass is 32.2. The summed E-state index contributed by atoms with van der Waals surface area (Å²) in [6, 6.07) is 10.8. The number of anilines is 2. The van der Waals surface area contributed by atoms with Crippen molar-refractivity contribution in [2.45, 2.75) is 6.54 Å².